The molecule has 0 spiro atoms. The van der Waals surface area contributed by atoms with Gasteiger partial charge in [0.25, 0.3) is 0 Å². The van der Waals surface area contributed by atoms with Crippen LogP contribution >= 0.6 is 0 Å². The SMILES string of the molecule is Cc1nc(N)ccc1CNC(=O)[C@@H](C)N1CCCC1C(N)=O. The van der Waals surface area contributed by atoms with Crippen LogP contribution in [0.3, 0.4) is 0 Å². The Morgan fingerprint density at radius 1 is 1.50 bits per heavy atom. The Labute approximate surface area is 130 Å². The lowest BCUT2D eigenvalue weighted by molar-refractivity contribution is -0.129. The fourth-order valence-electron chi connectivity index (χ4n) is 2.83. The lowest BCUT2D eigenvalue weighted by Crippen LogP contribution is -2.50. The molecule has 5 N–H and O–H groups in total. The highest BCUT2D eigenvalue weighted by Gasteiger charge is 2.35. The minimum Gasteiger partial charge on any atom is -0.384 e. The molecule has 1 aromatic heterocycles. The van der Waals surface area contributed by atoms with E-state index in [1.165, 1.54) is 0 Å². The maximum atomic E-state index is 12.3. The largest absolute Gasteiger partial charge is 0.384 e. The first-order valence-corrected chi connectivity index (χ1v) is 7.45. The first-order chi connectivity index (χ1) is 10.4. The highest BCUT2D eigenvalue weighted by molar-refractivity contribution is 5.84. The van der Waals surface area contributed by atoms with Crippen LogP contribution in [0.1, 0.15) is 31.0 Å². The number of carbonyl (C=O) groups is 2. The quantitative estimate of drug-likeness (QED) is 0.704. The van der Waals surface area contributed by atoms with Crippen LogP contribution in [-0.2, 0) is 16.1 Å². The molecule has 22 heavy (non-hydrogen) atoms. The summed E-state index contributed by atoms with van der Waals surface area (Å²) in [5.74, 6) is -0.0255. The number of hydrogen-bond donors (Lipinski definition) is 3. The molecule has 0 aromatic carbocycles. The number of nitrogens with one attached hydrogen (secondary N) is 1. The summed E-state index contributed by atoms with van der Waals surface area (Å²) in [5, 5.41) is 2.88. The number of primary amides is 1. The van der Waals surface area contributed by atoms with Gasteiger partial charge in [0.05, 0.1) is 12.1 Å². The number of aryl methyl sites for hydroxylation is 1. The maximum absolute atomic E-state index is 12.3. The van der Waals surface area contributed by atoms with Crippen molar-refractivity contribution in [3.8, 4) is 0 Å². The third kappa shape index (κ3) is 3.54. The normalized spacial score (nSPS) is 19.8. The first kappa shape index (κ1) is 16.2. The lowest BCUT2D eigenvalue weighted by atomic mass is 10.1. The topological polar surface area (TPSA) is 114 Å². The van der Waals surface area contributed by atoms with Gasteiger partial charge in [-0.05, 0) is 44.9 Å². The second-order valence-corrected chi connectivity index (χ2v) is 5.67. The third-order valence-corrected chi connectivity index (χ3v) is 4.17. The van der Waals surface area contributed by atoms with Crippen molar-refractivity contribution in [2.45, 2.75) is 45.3 Å². The van der Waals surface area contributed by atoms with Gasteiger partial charge in [-0.15, -0.1) is 0 Å². The van der Waals surface area contributed by atoms with Crippen LogP contribution < -0.4 is 16.8 Å². The fourth-order valence-corrected chi connectivity index (χ4v) is 2.83. The molecule has 7 heteroatoms. The monoisotopic (exact) mass is 305 g/mol. The molecule has 2 atom stereocenters. The Morgan fingerprint density at radius 2 is 2.23 bits per heavy atom. The molecule has 1 aliphatic heterocycles. The highest BCUT2D eigenvalue weighted by Crippen LogP contribution is 2.20. The number of amides is 2. The summed E-state index contributed by atoms with van der Waals surface area (Å²) in [5.41, 5.74) is 12.7. The van der Waals surface area contributed by atoms with Crippen LogP contribution in [0.5, 0.6) is 0 Å². The number of likely N-dealkylation sites (tertiary alicyclic amines) is 1. The van der Waals surface area contributed by atoms with Crippen LogP contribution in [0.25, 0.3) is 0 Å². The van der Waals surface area contributed by atoms with Crippen LogP contribution in [0, 0.1) is 6.92 Å². The number of rotatable bonds is 5. The summed E-state index contributed by atoms with van der Waals surface area (Å²) >= 11 is 0. The number of pyridine rings is 1. The van der Waals surface area contributed by atoms with Gasteiger partial charge < -0.3 is 16.8 Å². The first-order valence-electron chi connectivity index (χ1n) is 7.45. The van der Waals surface area contributed by atoms with Crippen LogP contribution in [0.15, 0.2) is 12.1 Å². The van der Waals surface area contributed by atoms with Gasteiger partial charge in [-0.1, -0.05) is 6.07 Å². The van der Waals surface area contributed by atoms with E-state index in [0.29, 0.717) is 25.3 Å². The number of nitrogens with two attached hydrogens (primary N) is 2. The molecular weight excluding hydrogens is 282 g/mol. The number of nitrogen functional groups attached to an aromatic ring is 1. The second kappa shape index (κ2) is 6.74. The molecule has 7 nitrogen and oxygen atoms in total. The average molecular weight is 305 g/mol. The van der Waals surface area contributed by atoms with Crippen LogP contribution in [-0.4, -0.2) is 40.3 Å². The summed E-state index contributed by atoms with van der Waals surface area (Å²) in [6.07, 6.45) is 1.60. The zero-order valence-electron chi connectivity index (χ0n) is 13.0. The summed E-state index contributed by atoms with van der Waals surface area (Å²) in [6.45, 7) is 4.75. The van der Waals surface area contributed by atoms with E-state index in [1.54, 1.807) is 13.0 Å². The van der Waals surface area contributed by atoms with E-state index in [1.807, 2.05) is 17.9 Å². The van der Waals surface area contributed by atoms with Crippen molar-refractivity contribution in [1.82, 2.24) is 15.2 Å². The van der Waals surface area contributed by atoms with Crippen molar-refractivity contribution in [2.75, 3.05) is 12.3 Å². The van der Waals surface area contributed by atoms with E-state index < -0.39 is 0 Å². The number of carbonyl (C=O) groups excluding carboxylic acids is 2. The van der Waals surface area contributed by atoms with Gasteiger partial charge in [0.15, 0.2) is 0 Å². The van der Waals surface area contributed by atoms with Gasteiger partial charge in [0, 0.05) is 12.2 Å². The van der Waals surface area contributed by atoms with Crippen LogP contribution in [0.4, 0.5) is 5.82 Å². The maximum Gasteiger partial charge on any atom is 0.237 e. The number of nitrogens with zero attached hydrogens (tertiary/aromatic N) is 2. The minimum absolute atomic E-state index is 0.121. The molecule has 0 radical (unpaired) electrons. The molecule has 2 amide bonds. The molecule has 1 aliphatic rings. The Kier molecular flexibility index (Phi) is 4.97. The smallest absolute Gasteiger partial charge is 0.237 e. The molecule has 2 rings (SSSR count). The van der Waals surface area contributed by atoms with E-state index in [2.05, 4.69) is 10.3 Å². The summed E-state index contributed by atoms with van der Waals surface area (Å²) < 4.78 is 0. The van der Waals surface area contributed by atoms with E-state index in [9.17, 15) is 9.59 Å². The molecule has 1 aromatic rings. The van der Waals surface area contributed by atoms with Crippen molar-refractivity contribution in [1.29, 1.82) is 0 Å². The predicted octanol–water partition coefficient (Wildman–Crippen LogP) is -0.0734. The molecular formula is C15H23N5O2. The zero-order chi connectivity index (χ0) is 16.3. The number of aromatic nitrogens is 1. The van der Waals surface area contributed by atoms with Gasteiger partial charge in [-0.25, -0.2) is 4.98 Å². The molecule has 0 aliphatic carbocycles. The van der Waals surface area contributed by atoms with Gasteiger partial charge in [0.1, 0.15) is 5.82 Å². The van der Waals surface area contributed by atoms with Crippen molar-refractivity contribution in [2.24, 2.45) is 5.73 Å². The Balaban J connectivity index is 1.95. The second-order valence-electron chi connectivity index (χ2n) is 5.67. The predicted molar refractivity (Wildman–Crippen MR) is 83.6 cm³/mol. The van der Waals surface area contributed by atoms with E-state index in [4.69, 9.17) is 11.5 Å². The highest BCUT2D eigenvalue weighted by atomic mass is 16.2. The molecule has 0 saturated carbocycles. The Hall–Kier alpha value is -2.15. The van der Waals surface area contributed by atoms with Gasteiger partial charge in [-0.3, -0.25) is 14.5 Å². The molecule has 0 bridgehead atoms. The van der Waals surface area contributed by atoms with Crippen molar-refractivity contribution in [3.05, 3.63) is 23.4 Å². The lowest BCUT2D eigenvalue weighted by Gasteiger charge is -2.27. The molecule has 120 valence electrons. The molecule has 1 fully saturated rings. The standard InChI is InChI=1S/C15H23N5O2/c1-9-11(5-6-13(16)19-9)8-18-15(22)10(2)20-7-3-4-12(20)14(17)21/h5-6,10,12H,3-4,7-8H2,1-2H3,(H2,16,19)(H2,17,21)(H,18,22)/t10-,12?/m1/s1. The summed E-state index contributed by atoms with van der Waals surface area (Å²) in [7, 11) is 0. The molecule has 2 heterocycles. The fraction of sp³-hybridized carbons (Fsp3) is 0.533. The number of anilines is 1. The zero-order valence-corrected chi connectivity index (χ0v) is 13.0. The van der Waals surface area contributed by atoms with Crippen molar-refractivity contribution < 1.29 is 9.59 Å². The van der Waals surface area contributed by atoms with E-state index in [0.717, 1.165) is 17.7 Å². The van der Waals surface area contributed by atoms with Crippen molar-refractivity contribution >= 4 is 17.6 Å². The van der Waals surface area contributed by atoms with Crippen molar-refractivity contribution in [3.63, 3.8) is 0 Å². The molecule has 1 saturated heterocycles. The molecule has 1 unspecified atom stereocenters. The van der Waals surface area contributed by atoms with Gasteiger partial charge >= 0.3 is 0 Å². The average Bonchev–Trinajstić information content (AvgIpc) is 2.94. The van der Waals surface area contributed by atoms with Gasteiger partial charge in [-0.2, -0.15) is 0 Å². The Morgan fingerprint density at radius 3 is 2.86 bits per heavy atom. The van der Waals surface area contributed by atoms with E-state index >= 15 is 0 Å². The third-order valence-electron chi connectivity index (χ3n) is 4.17. The summed E-state index contributed by atoms with van der Waals surface area (Å²) in [4.78, 5) is 29.8. The minimum atomic E-state index is -0.387. The van der Waals surface area contributed by atoms with Gasteiger partial charge in [0.2, 0.25) is 11.8 Å². The number of hydrogen-bond acceptors (Lipinski definition) is 5. The van der Waals surface area contributed by atoms with E-state index in [-0.39, 0.29) is 23.9 Å². The van der Waals surface area contributed by atoms with Crippen LogP contribution in [0.2, 0.25) is 0 Å². The Bertz CT molecular complexity index is 575. The summed E-state index contributed by atoms with van der Waals surface area (Å²) in [6, 6.07) is 2.83.